The zero-order valence-electron chi connectivity index (χ0n) is 7.36. The minimum atomic E-state index is -0.258. The van der Waals surface area contributed by atoms with Gasteiger partial charge in [0.25, 0.3) is 0 Å². The number of hydrogen-bond donors (Lipinski definition) is 0. The van der Waals surface area contributed by atoms with Crippen molar-refractivity contribution >= 4 is 15.9 Å². The van der Waals surface area contributed by atoms with E-state index in [0.29, 0.717) is 11.5 Å². The topological polar surface area (TPSA) is 12.9 Å². The standard InChI is InChI=1S/C9H11BrFN/c1-5(2)9-8(10)6(3)7(11)4-12-9/h4-5H,1-3H3. The molecule has 0 unspecified atom stereocenters. The highest BCUT2D eigenvalue weighted by Crippen LogP contribution is 2.26. The predicted molar refractivity (Wildman–Crippen MR) is 50.7 cm³/mol. The third kappa shape index (κ3) is 1.66. The van der Waals surface area contributed by atoms with Crippen LogP contribution in [0.1, 0.15) is 31.0 Å². The third-order valence-corrected chi connectivity index (χ3v) is 2.78. The molecule has 0 spiro atoms. The van der Waals surface area contributed by atoms with Crippen LogP contribution in [0.15, 0.2) is 10.7 Å². The third-order valence-electron chi connectivity index (χ3n) is 1.78. The quantitative estimate of drug-likeness (QED) is 0.722. The van der Waals surface area contributed by atoms with Crippen LogP contribution in [-0.2, 0) is 0 Å². The van der Waals surface area contributed by atoms with Gasteiger partial charge in [0, 0.05) is 10.0 Å². The summed E-state index contributed by atoms with van der Waals surface area (Å²) in [6.07, 6.45) is 1.27. The lowest BCUT2D eigenvalue weighted by Crippen LogP contribution is -1.98. The van der Waals surface area contributed by atoms with Crippen LogP contribution < -0.4 is 0 Å². The Hall–Kier alpha value is -0.440. The lowest BCUT2D eigenvalue weighted by atomic mass is 10.1. The molecule has 0 aliphatic heterocycles. The van der Waals surface area contributed by atoms with Gasteiger partial charge in [0.1, 0.15) is 5.82 Å². The summed E-state index contributed by atoms with van der Waals surface area (Å²) < 4.78 is 13.7. The van der Waals surface area contributed by atoms with E-state index in [1.165, 1.54) is 6.20 Å². The molecule has 1 rings (SSSR count). The van der Waals surface area contributed by atoms with E-state index in [9.17, 15) is 4.39 Å². The van der Waals surface area contributed by atoms with Crippen LogP contribution in [0.4, 0.5) is 4.39 Å². The van der Waals surface area contributed by atoms with Gasteiger partial charge in [-0.15, -0.1) is 0 Å². The molecule has 1 heterocycles. The molecule has 0 fully saturated rings. The van der Waals surface area contributed by atoms with Crippen molar-refractivity contribution in [2.75, 3.05) is 0 Å². The monoisotopic (exact) mass is 231 g/mol. The summed E-state index contributed by atoms with van der Waals surface area (Å²) >= 11 is 3.33. The Bertz CT molecular complexity index is 297. The molecule has 0 aliphatic rings. The van der Waals surface area contributed by atoms with Crippen molar-refractivity contribution in [2.24, 2.45) is 0 Å². The Morgan fingerprint density at radius 3 is 2.58 bits per heavy atom. The molecule has 0 saturated carbocycles. The van der Waals surface area contributed by atoms with Gasteiger partial charge < -0.3 is 0 Å². The normalized spacial score (nSPS) is 10.8. The van der Waals surface area contributed by atoms with Gasteiger partial charge in [-0.25, -0.2) is 4.39 Å². The summed E-state index contributed by atoms with van der Waals surface area (Å²) in [6, 6.07) is 0. The Morgan fingerprint density at radius 2 is 2.08 bits per heavy atom. The zero-order valence-corrected chi connectivity index (χ0v) is 8.94. The smallest absolute Gasteiger partial charge is 0.145 e. The first-order chi connectivity index (χ1) is 5.54. The average molecular weight is 232 g/mol. The van der Waals surface area contributed by atoms with Crippen molar-refractivity contribution in [1.82, 2.24) is 4.98 Å². The van der Waals surface area contributed by atoms with Crippen molar-refractivity contribution in [2.45, 2.75) is 26.7 Å². The number of pyridine rings is 1. The first kappa shape index (κ1) is 9.65. The van der Waals surface area contributed by atoms with Crippen LogP contribution in [0, 0.1) is 12.7 Å². The maximum Gasteiger partial charge on any atom is 0.145 e. The molecule has 1 nitrogen and oxygen atoms in total. The van der Waals surface area contributed by atoms with E-state index in [2.05, 4.69) is 20.9 Å². The Labute approximate surface area is 80.1 Å². The van der Waals surface area contributed by atoms with Gasteiger partial charge in [-0.3, -0.25) is 4.98 Å². The average Bonchev–Trinajstić information content (AvgIpc) is 2.00. The number of nitrogens with zero attached hydrogens (tertiary/aromatic N) is 1. The molecule has 0 N–H and O–H groups in total. The molecule has 1 aromatic rings. The van der Waals surface area contributed by atoms with Gasteiger partial charge in [0.15, 0.2) is 0 Å². The van der Waals surface area contributed by atoms with Gasteiger partial charge in [-0.05, 0) is 28.8 Å². The highest BCUT2D eigenvalue weighted by molar-refractivity contribution is 9.10. The predicted octanol–water partition coefficient (Wildman–Crippen LogP) is 3.42. The van der Waals surface area contributed by atoms with E-state index < -0.39 is 0 Å². The van der Waals surface area contributed by atoms with Crippen LogP contribution in [0.2, 0.25) is 0 Å². The fourth-order valence-electron chi connectivity index (χ4n) is 0.979. The van der Waals surface area contributed by atoms with Gasteiger partial charge in [0.05, 0.1) is 11.9 Å². The first-order valence-corrected chi connectivity index (χ1v) is 4.63. The van der Waals surface area contributed by atoms with E-state index in [1.807, 2.05) is 13.8 Å². The summed E-state index contributed by atoms with van der Waals surface area (Å²) in [4.78, 5) is 4.02. The minimum absolute atomic E-state index is 0.258. The molecule has 66 valence electrons. The molecule has 0 saturated heterocycles. The molecule has 12 heavy (non-hydrogen) atoms. The number of aromatic nitrogens is 1. The van der Waals surface area contributed by atoms with Gasteiger partial charge >= 0.3 is 0 Å². The van der Waals surface area contributed by atoms with E-state index >= 15 is 0 Å². The fraction of sp³-hybridized carbons (Fsp3) is 0.444. The Kier molecular flexibility index (Phi) is 2.83. The zero-order chi connectivity index (χ0) is 9.30. The molecule has 0 radical (unpaired) electrons. The van der Waals surface area contributed by atoms with E-state index in [4.69, 9.17) is 0 Å². The summed E-state index contributed by atoms with van der Waals surface area (Å²) in [5, 5.41) is 0. The van der Waals surface area contributed by atoms with Crippen molar-refractivity contribution < 1.29 is 4.39 Å². The van der Waals surface area contributed by atoms with E-state index in [1.54, 1.807) is 6.92 Å². The van der Waals surface area contributed by atoms with Gasteiger partial charge in [-0.1, -0.05) is 13.8 Å². The van der Waals surface area contributed by atoms with Crippen molar-refractivity contribution in [3.8, 4) is 0 Å². The molecule has 3 heteroatoms. The summed E-state index contributed by atoms with van der Waals surface area (Å²) in [5.74, 6) is 0.0601. The van der Waals surface area contributed by atoms with Crippen LogP contribution in [-0.4, -0.2) is 4.98 Å². The maximum absolute atomic E-state index is 12.9. The van der Waals surface area contributed by atoms with Gasteiger partial charge in [0.2, 0.25) is 0 Å². The Balaban J connectivity index is 3.27. The lowest BCUT2D eigenvalue weighted by Gasteiger charge is -2.09. The van der Waals surface area contributed by atoms with Crippen molar-refractivity contribution in [3.05, 3.63) is 27.7 Å². The van der Waals surface area contributed by atoms with E-state index in [0.717, 1.165) is 10.2 Å². The summed E-state index contributed by atoms with van der Waals surface area (Å²) in [6.45, 7) is 5.81. The molecule has 0 aromatic carbocycles. The summed E-state index contributed by atoms with van der Waals surface area (Å²) in [5.41, 5.74) is 1.54. The van der Waals surface area contributed by atoms with Crippen LogP contribution in [0.5, 0.6) is 0 Å². The molecule has 0 atom stereocenters. The van der Waals surface area contributed by atoms with Crippen molar-refractivity contribution in [3.63, 3.8) is 0 Å². The fourth-order valence-corrected chi connectivity index (χ4v) is 1.73. The molecular weight excluding hydrogens is 221 g/mol. The van der Waals surface area contributed by atoms with Gasteiger partial charge in [-0.2, -0.15) is 0 Å². The maximum atomic E-state index is 12.9. The highest BCUT2D eigenvalue weighted by Gasteiger charge is 2.11. The number of hydrogen-bond acceptors (Lipinski definition) is 1. The lowest BCUT2D eigenvalue weighted by molar-refractivity contribution is 0.605. The Morgan fingerprint density at radius 1 is 1.50 bits per heavy atom. The number of rotatable bonds is 1. The van der Waals surface area contributed by atoms with Crippen LogP contribution >= 0.6 is 15.9 Å². The second kappa shape index (κ2) is 3.52. The molecule has 0 amide bonds. The molecular formula is C9H11BrFN. The number of halogens is 2. The van der Waals surface area contributed by atoms with E-state index in [-0.39, 0.29) is 5.82 Å². The van der Waals surface area contributed by atoms with Crippen LogP contribution in [0.25, 0.3) is 0 Å². The first-order valence-electron chi connectivity index (χ1n) is 3.84. The van der Waals surface area contributed by atoms with Crippen LogP contribution in [0.3, 0.4) is 0 Å². The molecule has 0 aliphatic carbocycles. The summed E-state index contributed by atoms with van der Waals surface area (Å²) in [7, 11) is 0. The molecule has 0 bridgehead atoms. The highest BCUT2D eigenvalue weighted by atomic mass is 79.9. The van der Waals surface area contributed by atoms with Crippen molar-refractivity contribution in [1.29, 1.82) is 0 Å². The SMILES string of the molecule is Cc1c(F)cnc(C(C)C)c1Br. The second-order valence-corrected chi connectivity index (χ2v) is 3.88. The second-order valence-electron chi connectivity index (χ2n) is 3.09. The minimum Gasteiger partial charge on any atom is -0.257 e. The largest absolute Gasteiger partial charge is 0.257 e. The molecule has 1 aromatic heterocycles.